The number of H-pyrrole nitrogens is 1. The molecule has 4 aromatic rings. The summed E-state index contributed by atoms with van der Waals surface area (Å²) in [6.45, 7) is 0.920. The molecule has 3 atom stereocenters. The largest absolute Gasteiger partial charge is 0.394 e. The lowest BCUT2D eigenvalue weighted by Gasteiger charge is -2.15. The summed E-state index contributed by atoms with van der Waals surface area (Å²) in [6.07, 6.45) is 2.34. The molecule has 0 spiro atoms. The smallest absolute Gasteiger partial charge is 0.330 e. The van der Waals surface area contributed by atoms with Crippen LogP contribution in [-0.2, 0) is 16.0 Å². The van der Waals surface area contributed by atoms with Gasteiger partial charge in [-0.1, -0.05) is 49.2 Å². The number of hydrogen-bond donors (Lipinski definition) is 5. The Labute approximate surface area is 236 Å². The molecule has 5 rings (SSSR count). The molecular formula is C30H35N5O6. The van der Waals surface area contributed by atoms with Crippen LogP contribution >= 0.6 is 0 Å². The van der Waals surface area contributed by atoms with E-state index in [1.54, 1.807) is 0 Å². The number of ether oxygens (including phenoxy) is 1. The fourth-order valence-corrected chi connectivity index (χ4v) is 5.23. The summed E-state index contributed by atoms with van der Waals surface area (Å²) in [5.74, 6) is -0.320. The van der Waals surface area contributed by atoms with Crippen LogP contribution in [0.2, 0.25) is 0 Å². The molecule has 2 aromatic carbocycles. The minimum absolute atomic E-state index is 0.0913. The number of hydrogen-bond acceptors (Lipinski definition) is 8. The number of pyridine rings is 1. The third-order valence-electron chi connectivity index (χ3n) is 7.40. The summed E-state index contributed by atoms with van der Waals surface area (Å²) < 4.78 is 6.65. The van der Waals surface area contributed by atoms with E-state index in [-0.39, 0.29) is 30.9 Å². The number of nitrogens with zero attached hydrogens (tertiary/aromatic N) is 2. The molecule has 11 heteroatoms. The molecule has 1 aliphatic rings. The van der Waals surface area contributed by atoms with Crippen molar-refractivity contribution >= 4 is 33.4 Å². The van der Waals surface area contributed by atoms with Gasteiger partial charge in [0.25, 0.3) is 5.56 Å². The number of nitrogens with one attached hydrogen (secondary N) is 3. The standard InChI is InChI=1S/C30H35N5O6/c36-18-25-24(37)16-27(41-25)35-17-19(29(39)34-30(35)40)15-26(38)31-13-7-1-2-8-14-32-28-20-9-3-5-11-22(20)33-23-12-6-4-10-21(23)28/h3-6,9-12,17,24-25,27,36-37H,1-2,7-8,13-16,18H2,(H,31,38)(H,32,33)(H,34,39,40)/t24-,25+,27+/m0/s1. The predicted molar refractivity (Wildman–Crippen MR) is 156 cm³/mol. The molecule has 11 nitrogen and oxygen atoms in total. The van der Waals surface area contributed by atoms with Crippen LogP contribution in [0.5, 0.6) is 0 Å². The maximum Gasteiger partial charge on any atom is 0.330 e. The molecule has 1 fully saturated rings. The van der Waals surface area contributed by atoms with Crippen LogP contribution in [0.25, 0.3) is 21.8 Å². The highest BCUT2D eigenvalue weighted by molar-refractivity contribution is 6.07. The van der Waals surface area contributed by atoms with Crippen molar-refractivity contribution in [1.29, 1.82) is 0 Å². The van der Waals surface area contributed by atoms with Gasteiger partial charge in [-0.25, -0.2) is 9.78 Å². The number of amides is 1. The number of aromatic amines is 1. The maximum atomic E-state index is 12.5. The van der Waals surface area contributed by atoms with Gasteiger partial charge >= 0.3 is 5.69 Å². The minimum atomic E-state index is -0.929. The third-order valence-corrected chi connectivity index (χ3v) is 7.40. The molecule has 1 saturated heterocycles. The van der Waals surface area contributed by atoms with Crippen LogP contribution in [0.4, 0.5) is 5.69 Å². The molecule has 5 N–H and O–H groups in total. The summed E-state index contributed by atoms with van der Waals surface area (Å²) in [6, 6.07) is 16.3. The summed E-state index contributed by atoms with van der Waals surface area (Å²) >= 11 is 0. The molecule has 0 saturated carbocycles. The number of para-hydroxylation sites is 2. The first-order valence-electron chi connectivity index (χ1n) is 14.0. The first-order chi connectivity index (χ1) is 19.9. The van der Waals surface area contributed by atoms with Gasteiger partial charge < -0.3 is 25.6 Å². The highest BCUT2D eigenvalue weighted by Gasteiger charge is 2.35. The monoisotopic (exact) mass is 561 g/mol. The van der Waals surface area contributed by atoms with E-state index in [4.69, 9.17) is 9.72 Å². The fourth-order valence-electron chi connectivity index (χ4n) is 5.23. The van der Waals surface area contributed by atoms with Gasteiger partial charge in [0.1, 0.15) is 12.3 Å². The van der Waals surface area contributed by atoms with E-state index in [0.717, 1.165) is 64.3 Å². The van der Waals surface area contributed by atoms with E-state index in [0.29, 0.717) is 6.54 Å². The Bertz CT molecular complexity index is 1580. The normalized spacial score (nSPS) is 18.6. The Morgan fingerprint density at radius 2 is 1.66 bits per heavy atom. The van der Waals surface area contributed by atoms with E-state index in [2.05, 4.69) is 27.8 Å². The fraction of sp³-hybridized carbons (Fsp3) is 0.400. The van der Waals surface area contributed by atoms with Crippen molar-refractivity contribution in [1.82, 2.24) is 19.9 Å². The van der Waals surface area contributed by atoms with Gasteiger partial charge in [0.2, 0.25) is 5.91 Å². The molecule has 41 heavy (non-hydrogen) atoms. The van der Waals surface area contributed by atoms with E-state index >= 15 is 0 Å². The van der Waals surface area contributed by atoms with Crippen molar-refractivity contribution in [3.05, 3.63) is 81.1 Å². The number of fused-ring (bicyclic) bond motifs is 2. The van der Waals surface area contributed by atoms with Crippen molar-refractivity contribution in [3.63, 3.8) is 0 Å². The van der Waals surface area contributed by atoms with Gasteiger partial charge in [0.05, 0.1) is 35.9 Å². The Morgan fingerprint density at radius 1 is 1.00 bits per heavy atom. The zero-order valence-corrected chi connectivity index (χ0v) is 22.7. The van der Waals surface area contributed by atoms with Crippen LogP contribution < -0.4 is 21.9 Å². The molecule has 0 radical (unpaired) electrons. The first kappa shape index (κ1) is 28.5. The number of carbonyl (C=O) groups excluding carboxylic acids is 1. The zero-order valence-electron chi connectivity index (χ0n) is 22.7. The maximum absolute atomic E-state index is 12.5. The highest BCUT2D eigenvalue weighted by Crippen LogP contribution is 2.30. The number of unbranched alkanes of at least 4 members (excludes halogenated alkanes) is 3. The van der Waals surface area contributed by atoms with Crippen molar-refractivity contribution in [3.8, 4) is 0 Å². The van der Waals surface area contributed by atoms with Gasteiger partial charge in [-0.2, -0.15) is 0 Å². The van der Waals surface area contributed by atoms with Gasteiger partial charge in [-0.15, -0.1) is 0 Å². The second-order valence-corrected chi connectivity index (χ2v) is 10.3. The number of anilines is 1. The van der Waals surface area contributed by atoms with Crippen LogP contribution in [0.15, 0.2) is 64.3 Å². The Kier molecular flexibility index (Phi) is 9.07. The SMILES string of the molecule is O=C(Cc1cn([C@H]2C[C@H](O)[C@@H](CO)O2)c(=O)[nH]c1=O)NCCCCCCNc1c2ccccc2nc2ccccc12. The molecule has 2 aromatic heterocycles. The topological polar surface area (TPSA) is 159 Å². The number of aliphatic hydroxyl groups is 2. The molecule has 3 heterocycles. The summed E-state index contributed by atoms with van der Waals surface area (Å²) in [5.41, 5.74) is 1.81. The van der Waals surface area contributed by atoms with E-state index in [1.165, 1.54) is 6.20 Å². The van der Waals surface area contributed by atoms with Crippen molar-refractivity contribution < 1.29 is 19.7 Å². The van der Waals surface area contributed by atoms with Crippen LogP contribution in [0, 0.1) is 0 Å². The Hall–Kier alpha value is -4.06. The van der Waals surface area contributed by atoms with E-state index in [9.17, 15) is 24.6 Å². The van der Waals surface area contributed by atoms with Crippen molar-refractivity contribution in [2.75, 3.05) is 25.0 Å². The van der Waals surface area contributed by atoms with Crippen molar-refractivity contribution in [2.45, 2.75) is 57.0 Å². The molecule has 216 valence electrons. The molecular weight excluding hydrogens is 526 g/mol. The summed E-state index contributed by atoms with van der Waals surface area (Å²) in [5, 5.41) is 27.9. The third kappa shape index (κ3) is 6.64. The van der Waals surface area contributed by atoms with Gasteiger partial charge in [-0.05, 0) is 25.0 Å². The number of benzene rings is 2. The molecule has 1 aliphatic heterocycles. The van der Waals surface area contributed by atoms with Gasteiger partial charge in [0, 0.05) is 42.0 Å². The quantitative estimate of drug-likeness (QED) is 0.130. The second-order valence-electron chi connectivity index (χ2n) is 10.3. The molecule has 0 unspecified atom stereocenters. The number of carbonyl (C=O) groups is 1. The summed E-state index contributed by atoms with van der Waals surface area (Å²) in [4.78, 5) is 44.0. The van der Waals surface area contributed by atoms with E-state index in [1.807, 2.05) is 36.4 Å². The first-order valence-corrected chi connectivity index (χ1v) is 14.0. The lowest BCUT2D eigenvalue weighted by Crippen LogP contribution is -2.36. The lowest BCUT2D eigenvalue weighted by molar-refractivity contribution is -0.120. The number of rotatable bonds is 12. The number of aliphatic hydroxyl groups excluding tert-OH is 2. The Morgan fingerprint density at radius 3 is 2.32 bits per heavy atom. The average Bonchev–Trinajstić information content (AvgIpc) is 3.35. The average molecular weight is 562 g/mol. The Balaban J connectivity index is 1.06. The van der Waals surface area contributed by atoms with Crippen LogP contribution in [0.3, 0.4) is 0 Å². The second kappa shape index (κ2) is 13.1. The zero-order chi connectivity index (χ0) is 28.8. The number of aromatic nitrogens is 3. The van der Waals surface area contributed by atoms with Crippen LogP contribution in [0.1, 0.15) is 43.9 Å². The van der Waals surface area contributed by atoms with Crippen molar-refractivity contribution in [2.24, 2.45) is 0 Å². The van der Waals surface area contributed by atoms with Crippen LogP contribution in [-0.4, -0.2) is 62.6 Å². The van der Waals surface area contributed by atoms with Gasteiger partial charge in [0.15, 0.2) is 0 Å². The minimum Gasteiger partial charge on any atom is -0.394 e. The lowest BCUT2D eigenvalue weighted by atomic mass is 10.1. The molecule has 0 aliphatic carbocycles. The predicted octanol–water partition coefficient (Wildman–Crippen LogP) is 2.21. The van der Waals surface area contributed by atoms with Gasteiger partial charge in [-0.3, -0.25) is 19.1 Å². The van der Waals surface area contributed by atoms with E-state index < -0.39 is 29.7 Å². The summed E-state index contributed by atoms with van der Waals surface area (Å²) in [7, 11) is 0. The molecule has 0 bridgehead atoms. The highest BCUT2D eigenvalue weighted by atomic mass is 16.5. The molecule has 1 amide bonds.